The summed E-state index contributed by atoms with van der Waals surface area (Å²) in [7, 11) is 1.92. The molecule has 0 fully saturated rings. The zero-order valence-corrected chi connectivity index (χ0v) is 15.1. The van der Waals surface area contributed by atoms with Crippen LogP contribution in [0.5, 0.6) is 0 Å². The van der Waals surface area contributed by atoms with Gasteiger partial charge in [0.15, 0.2) is 0 Å². The lowest BCUT2D eigenvalue weighted by atomic mass is 10.0. The Labute approximate surface area is 157 Å². The van der Waals surface area contributed by atoms with Crippen molar-refractivity contribution in [3.8, 4) is 17.3 Å². The van der Waals surface area contributed by atoms with E-state index in [1.54, 1.807) is 30.5 Å². The maximum absolute atomic E-state index is 13.0. The lowest BCUT2D eigenvalue weighted by Crippen LogP contribution is -2.31. The Morgan fingerprint density at radius 3 is 2.74 bits per heavy atom. The van der Waals surface area contributed by atoms with Gasteiger partial charge in [-0.1, -0.05) is 0 Å². The topological polar surface area (TPSA) is 74.8 Å². The predicted octanol–water partition coefficient (Wildman–Crippen LogP) is 2.94. The van der Waals surface area contributed by atoms with Crippen LogP contribution in [0, 0.1) is 11.3 Å². The van der Waals surface area contributed by atoms with E-state index in [1.165, 1.54) is 5.56 Å². The molecule has 2 aromatic heterocycles. The molecule has 0 radical (unpaired) electrons. The lowest BCUT2D eigenvalue weighted by Gasteiger charge is -2.21. The number of aryl methyl sites for hydroxylation is 1. The number of amides is 1. The number of hydrogen-bond donors (Lipinski definition) is 0. The third kappa shape index (κ3) is 3.20. The van der Waals surface area contributed by atoms with E-state index in [1.807, 2.05) is 35.0 Å². The third-order valence-corrected chi connectivity index (χ3v) is 4.95. The van der Waals surface area contributed by atoms with Gasteiger partial charge in [0, 0.05) is 42.7 Å². The van der Waals surface area contributed by atoms with E-state index in [-0.39, 0.29) is 5.91 Å². The molecule has 1 aliphatic heterocycles. The van der Waals surface area contributed by atoms with Gasteiger partial charge in [-0.2, -0.15) is 10.4 Å². The van der Waals surface area contributed by atoms with Crippen LogP contribution in [0.3, 0.4) is 0 Å². The van der Waals surface area contributed by atoms with Crippen LogP contribution in [0.2, 0.25) is 0 Å². The number of rotatable bonds is 2. The van der Waals surface area contributed by atoms with Crippen molar-refractivity contribution in [3.05, 3.63) is 71.2 Å². The van der Waals surface area contributed by atoms with E-state index in [0.717, 1.165) is 29.8 Å². The van der Waals surface area contributed by atoms with Crippen LogP contribution in [0.25, 0.3) is 11.3 Å². The van der Waals surface area contributed by atoms with Gasteiger partial charge < -0.3 is 4.90 Å². The molecule has 6 nitrogen and oxygen atoms in total. The first-order valence-corrected chi connectivity index (χ1v) is 8.92. The number of carbonyl (C=O) groups is 1. The molecule has 0 saturated heterocycles. The molecule has 0 unspecified atom stereocenters. The van der Waals surface area contributed by atoms with E-state index in [2.05, 4.69) is 11.1 Å². The first kappa shape index (κ1) is 17.0. The Bertz CT molecular complexity index is 1020. The van der Waals surface area contributed by atoms with Crippen LogP contribution >= 0.6 is 0 Å². The Morgan fingerprint density at radius 2 is 2.04 bits per heavy atom. The van der Waals surface area contributed by atoms with Gasteiger partial charge in [0.2, 0.25) is 0 Å². The van der Waals surface area contributed by atoms with E-state index >= 15 is 0 Å². The second-order valence-electron chi connectivity index (χ2n) is 6.66. The van der Waals surface area contributed by atoms with Crippen molar-refractivity contribution < 1.29 is 4.79 Å². The summed E-state index contributed by atoms with van der Waals surface area (Å²) < 4.78 is 1.88. The maximum Gasteiger partial charge on any atom is 0.254 e. The van der Waals surface area contributed by atoms with Gasteiger partial charge >= 0.3 is 0 Å². The van der Waals surface area contributed by atoms with Gasteiger partial charge in [0.05, 0.1) is 29.6 Å². The van der Waals surface area contributed by atoms with Crippen molar-refractivity contribution in [3.63, 3.8) is 0 Å². The Morgan fingerprint density at radius 1 is 1.22 bits per heavy atom. The van der Waals surface area contributed by atoms with E-state index in [4.69, 9.17) is 10.4 Å². The highest BCUT2D eigenvalue weighted by Crippen LogP contribution is 2.29. The van der Waals surface area contributed by atoms with Crippen LogP contribution in [0.4, 0.5) is 0 Å². The van der Waals surface area contributed by atoms with E-state index < -0.39 is 0 Å². The summed E-state index contributed by atoms with van der Waals surface area (Å²) in [4.78, 5) is 19.0. The summed E-state index contributed by atoms with van der Waals surface area (Å²) in [6, 6.07) is 12.8. The van der Waals surface area contributed by atoms with Crippen molar-refractivity contribution >= 4 is 5.91 Å². The fourth-order valence-corrected chi connectivity index (χ4v) is 3.55. The van der Waals surface area contributed by atoms with Crippen LogP contribution in [0.15, 0.2) is 48.8 Å². The van der Waals surface area contributed by atoms with Crippen molar-refractivity contribution in [2.45, 2.75) is 19.4 Å². The molecule has 27 heavy (non-hydrogen) atoms. The van der Waals surface area contributed by atoms with Crippen molar-refractivity contribution in [2.75, 3.05) is 6.54 Å². The molecule has 134 valence electrons. The average molecular weight is 357 g/mol. The summed E-state index contributed by atoms with van der Waals surface area (Å²) in [6.07, 6.45) is 5.34. The normalized spacial score (nSPS) is 13.6. The Hall–Kier alpha value is -3.46. The maximum atomic E-state index is 13.0. The molecular weight excluding hydrogens is 338 g/mol. The minimum absolute atomic E-state index is 0.0172. The summed E-state index contributed by atoms with van der Waals surface area (Å²) in [5.41, 5.74) is 5.37. The summed E-state index contributed by atoms with van der Waals surface area (Å²) in [5.74, 6) is -0.0172. The van der Waals surface area contributed by atoms with Crippen LogP contribution in [0.1, 0.15) is 33.6 Å². The fraction of sp³-hybridized carbons (Fsp3) is 0.238. The molecule has 6 heteroatoms. The number of nitrogens with zero attached hydrogens (tertiary/aromatic N) is 5. The first-order valence-electron chi connectivity index (χ1n) is 8.92. The van der Waals surface area contributed by atoms with Crippen molar-refractivity contribution in [2.24, 2.45) is 7.05 Å². The molecule has 1 amide bonds. The SMILES string of the molecule is Cn1nc(-c2cccnc2)c2c1CN(C(=O)c1ccc(C#N)cc1)CCC2. The second-order valence-corrected chi connectivity index (χ2v) is 6.66. The smallest absolute Gasteiger partial charge is 0.254 e. The van der Waals surface area contributed by atoms with Gasteiger partial charge in [0.1, 0.15) is 0 Å². The zero-order chi connectivity index (χ0) is 18.8. The first-order chi connectivity index (χ1) is 13.2. The average Bonchev–Trinajstić information content (AvgIpc) is 2.89. The van der Waals surface area contributed by atoms with Crippen molar-refractivity contribution in [1.82, 2.24) is 19.7 Å². The number of nitriles is 1. The highest BCUT2D eigenvalue weighted by Gasteiger charge is 2.25. The molecule has 1 aliphatic rings. The van der Waals surface area contributed by atoms with E-state index in [9.17, 15) is 4.79 Å². The molecule has 0 aliphatic carbocycles. The number of hydrogen-bond acceptors (Lipinski definition) is 4. The molecule has 4 rings (SSSR count). The molecule has 3 heterocycles. The van der Waals surface area contributed by atoms with Gasteiger partial charge in [-0.05, 0) is 49.2 Å². The quantitative estimate of drug-likeness (QED) is 0.707. The Balaban J connectivity index is 1.64. The lowest BCUT2D eigenvalue weighted by molar-refractivity contribution is 0.0742. The molecule has 1 aromatic carbocycles. The number of carbonyl (C=O) groups excluding carboxylic acids is 1. The third-order valence-electron chi connectivity index (χ3n) is 4.95. The molecule has 3 aromatic rings. The number of pyridine rings is 1. The molecule has 0 saturated carbocycles. The standard InChI is InChI=1S/C21H19N5O/c1-25-19-14-26(21(27)16-8-6-15(12-22)7-9-16)11-3-5-18(19)20(24-25)17-4-2-10-23-13-17/h2,4,6-10,13H,3,5,11,14H2,1H3. The molecule has 0 atom stereocenters. The molecule has 0 N–H and O–H groups in total. The monoisotopic (exact) mass is 357 g/mol. The van der Waals surface area contributed by atoms with Gasteiger partial charge in [0.25, 0.3) is 5.91 Å². The summed E-state index contributed by atoms with van der Waals surface area (Å²) in [5, 5.41) is 13.6. The number of benzene rings is 1. The van der Waals surface area contributed by atoms with Gasteiger partial charge in [-0.25, -0.2) is 0 Å². The summed E-state index contributed by atoms with van der Waals surface area (Å²) >= 11 is 0. The number of fused-ring (bicyclic) bond motifs is 1. The summed E-state index contributed by atoms with van der Waals surface area (Å²) in [6.45, 7) is 1.22. The predicted molar refractivity (Wildman–Crippen MR) is 101 cm³/mol. The molecule has 0 bridgehead atoms. The Kier molecular flexibility index (Phi) is 4.43. The largest absolute Gasteiger partial charge is 0.333 e. The minimum atomic E-state index is -0.0172. The highest BCUT2D eigenvalue weighted by molar-refractivity contribution is 5.94. The van der Waals surface area contributed by atoms with Crippen LogP contribution < -0.4 is 0 Å². The molecule has 0 spiro atoms. The minimum Gasteiger partial charge on any atom is -0.333 e. The fourth-order valence-electron chi connectivity index (χ4n) is 3.55. The molecular formula is C21H19N5O. The second kappa shape index (κ2) is 7.04. The van der Waals surface area contributed by atoms with E-state index in [0.29, 0.717) is 24.2 Å². The van der Waals surface area contributed by atoms with Gasteiger partial charge in [-0.3, -0.25) is 14.5 Å². The van der Waals surface area contributed by atoms with Crippen LogP contribution in [-0.2, 0) is 20.0 Å². The van der Waals surface area contributed by atoms with Crippen LogP contribution in [-0.4, -0.2) is 32.1 Å². The number of aromatic nitrogens is 3. The van der Waals surface area contributed by atoms with Crippen molar-refractivity contribution in [1.29, 1.82) is 5.26 Å². The zero-order valence-electron chi connectivity index (χ0n) is 15.1. The highest BCUT2D eigenvalue weighted by atomic mass is 16.2. The van der Waals surface area contributed by atoms with Gasteiger partial charge in [-0.15, -0.1) is 0 Å².